The third-order valence-corrected chi connectivity index (χ3v) is 3.53. The molecule has 0 unspecified atom stereocenters. The third-order valence-electron chi connectivity index (χ3n) is 3.53. The van der Waals surface area contributed by atoms with Crippen LogP contribution in [0.5, 0.6) is 0 Å². The second kappa shape index (κ2) is 6.44. The quantitative estimate of drug-likeness (QED) is 0.799. The van der Waals surface area contributed by atoms with Crippen LogP contribution in [0, 0.1) is 12.7 Å². The van der Waals surface area contributed by atoms with E-state index < -0.39 is 0 Å². The molecule has 2 aromatic carbocycles. The van der Waals surface area contributed by atoms with Crippen molar-refractivity contribution in [2.75, 3.05) is 0 Å². The zero-order valence-corrected chi connectivity index (χ0v) is 12.5. The summed E-state index contributed by atoms with van der Waals surface area (Å²) < 4.78 is 18.8. The number of amides is 1. The molecule has 4 nitrogen and oxygen atoms in total. The predicted molar refractivity (Wildman–Crippen MR) is 84.2 cm³/mol. The molecule has 0 aliphatic rings. The summed E-state index contributed by atoms with van der Waals surface area (Å²) in [5.74, 6) is -0.307. The van der Waals surface area contributed by atoms with E-state index in [-0.39, 0.29) is 18.3 Å². The summed E-state index contributed by atoms with van der Waals surface area (Å²) in [5.41, 5.74) is 2.63. The van der Waals surface area contributed by atoms with Crippen LogP contribution in [0.25, 0.3) is 11.3 Å². The Bertz CT molecular complexity index is 825. The lowest BCUT2D eigenvalue weighted by Gasteiger charge is -2.06. The number of aromatic nitrogens is 1. The van der Waals surface area contributed by atoms with Gasteiger partial charge in [0.2, 0.25) is 0 Å². The van der Waals surface area contributed by atoms with Crippen LogP contribution >= 0.6 is 0 Å². The number of carbonyl (C=O) groups is 1. The fourth-order valence-corrected chi connectivity index (χ4v) is 2.23. The number of aryl methyl sites for hydroxylation is 1. The smallest absolute Gasteiger partial charge is 0.257 e. The van der Waals surface area contributed by atoms with Gasteiger partial charge >= 0.3 is 0 Å². The van der Waals surface area contributed by atoms with Crippen LogP contribution in [0.1, 0.15) is 21.5 Å². The van der Waals surface area contributed by atoms with E-state index in [1.807, 2.05) is 31.2 Å². The molecule has 1 amide bonds. The van der Waals surface area contributed by atoms with Crippen LogP contribution in [0.4, 0.5) is 4.39 Å². The zero-order chi connectivity index (χ0) is 16.2. The Morgan fingerprint density at radius 1 is 1.17 bits per heavy atom. The van der Waals surface area contributed by atoms with Crippen molar-refractivity contribution in [3.05, 3.63) is 77.2 Å². The summed E-state index contributed by atoms with van der Waals surface area (Å²) in [6.07, 6.45) is 1.37. The van der Waals surface area contributed by atoms with Gasteiger partial charge in [-0.05, 0) is 13.0 Å². The topological polar surface area (TPSA) is 55.1 Å². The summed E-state index contributed by atoms with van der Waals surface area (Å²) in [7, 11) is 0. The lowest BCUT2D eigenvalue weighted by atomic mass is 10.1. The molecule has 0 saturated carbocycles. The minimum Gasteiger partial charge on any atom is -0.355 e. The summed E-state index contributed by atoms with van der Waals surface area (Å²) in [6.45, 7) is 2.08. The van der Waals surface area contributed by atoms with Crippen LogP contribution in [0.3, 0.4) is 0 Å². The molecule has 1 heterocycles. The van der Waals surface area contributed by atoms with E-state index in [9.17, 15) is 9.18 Å². The molecule has 0 saturated heterocycles. The maximum absolute atomic E-state index is 13.6. The summed E-state index contributed by atoms with van der Waals surface area (Å²) in [5, 5.41) is 6.39. The van der Waals surface area contributed by atoms with Crippen LogP contribution in [-0.4, -0.2) is 11.1 Å². The number of halogens is 1. The molecule has 5 heteroatoms. The predicted octanol–water partition coefficient (Wildman–Crippen LogP) is 3.72. The van der Waals surface area contributed by atoms with E-state index in [0.717, 1.165) is 11.1 Å². The highest BCUT2D eigenvalue weighted by atomic mass is 19.1. The Morgan fingerprint density at radius 3 is 2.65 bits per heavy atom. The molecule has 0 aliphatic heterocycles. The molecule has 0 aliphatic carbocycles. The first kappa shape index (κ1) is 15.0. The monoisotopic (exact) mass is 310 g/mol. The Morgan fingerprint density at radius 2 is 1.91 bits per heavy atom. The van der Waals surface area contributed by atoms with Gasteiger partial charge in [-0.1, -0.05) is 53.2 Å². The molecule has 0 radical (unpaired) electrons. The number of rotatable bonds is 4. The molecular formula is C18H15FN2O2. The van der Waals surface area contributed by atoms with E-state index >= 15 is 0 Å². The Hall–Kier alpha value is -2.95. The molecule has 0 spiro atoms. The zero-order valence-electron chi connectivity index (χ0n) is 12.5. The first-order chi connectivity index (χ1) is 11.1. The second-order valence-electron chi connectivity index (χ2n) is 5.21. The first-order valence-corrected chi connectivity index (χ1v) is 7.18. The molecule has 1 aromatic heterocycles. The first-order valence-electron chi connectivity index (χ1n) is 7.18. The SMILES string of the molecule is Cc1ccc(-c2oncc2C(=O)NCc2ccccc2F)cc1. The van der Waals surface area contributed by atoms with E-state index in [1.165, 1.54) is 12.3 Å². The average molecular weight is 310 g/mol. The Kier molecular flexibility index (Phi) is 4.19. The fraction of sp³-hybridized carbons (Fsp3) is 0.111. The van der Waals surface area contributed by atoms with Gasteiger partial charge in [0, 0.05) is 17.7 Å². The van der Waals surface area contributed by atoms with Crippen molar-refractivity contribution < 1.29 is 13.7 Å². The molecule has 0 bridgehead atoms. The van der Waals surface area contributed by atoms with Gasteiger partial charge in [-0.3, -0.25) is 4.79 Å². The number of benzene rings is 2. The molecule has 0 atom stereocenters. The van der Waals surface area contributed by atoms with Crippen LogP contribution in [0.15, 0.2) is 59.3 Å². The minimum absolute atomic E-state index is 0.101. The maximum Gasteiger partial charge on any atom is 0.257 e. The number of hydrogen-bond acceptors (Lipinski definition) is 3. The van der Waals surface area contributed by atoms with Crippen LogP contribution in [0.2, 0.25) is 0 Å². The lowest BCUT2D eigenvalue weighted by Crippen LogP contribution is -2.23. The minimum atomic E-state index is -0.356. The molecule has 116 valence electrons. The van der Waals surface area contributed by atoms with Gasteiger partial charge in [0.25, 0.3) is 5.91 Å². The molecule has 3 aromatic rings. The van der Waals surface area contributed by atoms with Gasteiger partial charge in [0.15, 0.2) is 5.76 Å². The third kappa shape index (κ3) is 3.29. The van der Waals surface area contributed by atoms with Crippen molar-refractivity contribution >= 4 is 5.91 Å². The van der Waals surface area contributed by atoms with E-state index in [4.69, 9.17) is 4.52 Å². The van der Waals surface area contributed by atoms with Crippen molar-refractivity contribution in [1.82, 2.24) is 10.5 Å². The fourth-order valence-electron chi connectivity index (χ4n) is 2.23. The van der Waals surface area contributed by atoms with E-state index in [2.05, 4.69) is 10.5 Å². The maximum atomic E-state index is 13.6. The second-order valence-corrected chi connectivity index (χ2v) is 5.21. The van der Waals surface area contributed by atoms with Crippen LogP contribution in [-0.2, 0) is 6.54 Å². The summed E-state index contributed by atoms with van der Waals surface area (Å²) >= 11 is 0. The van der Waals surface area contributed by atoms with Crippen LogP contribution < -0.4 is 5.32 Å². The van der Waals surface area contributed by atoms with Gasteiger partial charge in [-0.15, -0.1) is 0 Å². The Labute approximate surface area is 132 Å². The molecular weight excluding hydrogens is 295 g/mol. The lowest BCUT2D eigenvalue weighted by molar-refractivity contribution is 0.0951. The van der Waals surface area contributed by atoms with Gasteiger partial charge in [0.1, 0.15) is 11.4 Å². The molecule has 0 fully saturated rings. The number of hydrogen-bond donors (Lipinski definition) is 1. The Balaban J connectivity index is 1.77. The normalized spacial score (nSPS) is 10.5. The summed E-state index contributed by atoms with van der Waals surface area (Å²) in [4.78, 5) is 12.3. The average Bonchev–Trinajstić information content (AvgIpc) is 3.04. The molecule has 1 N–H and O–H groups in total. The highest BCUT2D eigenvalue weighted by Gasteiger charge is 2.17. The van der Waals surface area contributed by atoms with Crippen molar-refractivity contribution in [1.29, 1.82) is 0 Å². The van der Waals surface area contributed by atoms with Gasteiger partial charge < -0.3 is 9.84 Å². The van der Waals surface area contributed by atoms with Crippen molar-refractivity contribution in [3.8, 4) is 11.3 Å². The number of carbonyl (C=O) groups excluding carboxylic acids is 1. The van der Waals surface area contributed by atoms with Gasteiger partial charge in [0.05, 0.1) is 6.20 Å². The molecule has 3 rings (SSSR count). The number of nitrogens with zero attached hydrogens (tertiary/aromatic N) is 1. The highest BCUT2D eigenvalue weighted by molar-refractivity contribution is 5.99. The van der Waals surface area contributed by atoms with Crippen molar-refractivity contribution in [2.45, 2.75) is 13.5 Å². The molecule has 23 heavy (non-hydrogen) atoms. The van der Waals surface area contributed by atoms with Crippen molar-refractivity contribution in [2.24, 2.45) is 0 Å². The number of nitrogens with one attached hydrogen (secondary N) is 1. The van der Waals surface area contributed by atoms with Gasteiger partial charge in [-0.25, -0.2) is 4.39 Å². The van der Waals surface area contributed by atoms with Crippen molar-refractivity contribution in [3.63, 3.8) is 0 Å². The highest BCUT2D eigenvalue weighted by Crippen LogP contribution is 2.24. The van der Waals surface area contributed by atoms with Gasteiger partial charge in [-0.2, -0.15) is 0 Å². The van der Waals surface area contributed by atoms with E-state index in [0.29, 0.717) is 16.9 Å². The standard InChI is InChI=1S/C18H15FN2O2/c1-12-6-8-13(9-7-12)17-15(11-21-23-17)18(22)20-10-14-4-2-3-5-16(14)19/h2-9,11H,10H2,1H3,(H,20,22). The largest absolute Gasteiger partial charge is 0.355 e. The summed E-state index contributed by atoms with van der Waals surface area (Å²) in [6, 6.07) is 13.9. The van der Waals surface area contributed by atoms with E-state index in [1.54, 1.807) is 18.2 Å².